The highest BCUT2D eigenvalue weighted by Crippen LogP contribution is 2.22. The zero-order chi connectivity index (χ0) is 15.6. The van der Waals surface area contributed by atoms with Gasteiger partial charge in [0.1, 0.15) is 5.69 Å². The van der Waals surface area contributed by atoms with E-state index in [1.807, 2.05) is 36.4 Å². The van der Waals surface area contributed by atoms with Crippen molar-refractivity contribution in [3.05, 3.63) is 72.6 Å². The van der Waals surface area contributed by atoms with E-state index in [9.17, 15) is 4.79 Å². The van der Waals surface area contributed by atoms with Crippen molar-refractivity contribution >= 4 is 27.6 Å². The minimum Gasteiger partial charge on any atom is -0.292 e. The molecule has 3 aromatic heterocycles. The van der Waals surface area contributed by atoms with Crippen molar-refractivity contribution in [1.82, 2.24) is 19.9 Å². The smallest absolute Gasteiger partial charge is 0.188 e. The third kappa shape index (κ3) is 2.53. The van der Waals surface area contributed by atoms with Crippen LogP contribution in [0.5, 0.6) is 0 Å². The van der Waals surface area contributed by atoms with E-state index in [0.29, 0.717) is 11.4 Å². The summed E-state index contributed by atoms with van der Waals surface area (Å²) in [4.78, 5) is 29.3. The van der Waals surface area contributed by atoms with Crippen LogP contribution in [0.25, 0.3) is 21.8 Å². The van der Waals surface area contributed by atoms with E-state index in [0.717, 1.165) is 21.8 Å². The van der Waals surface area contributed by atoms with Crippen LogP contribution in [-0.2, 0) is 6.42 Å². The van der Waals surface area contributed by atoms with Crippen LogP contribution in [0, 0.1) is 0 Å². The minimum atomic E-state index is -0.0989. The molecule has 23 heavy (non-hydrogen) atoms. The lowest BCUT2D eigenvalue weighted by molar-refractivity contribution is 0.0987. The van der Waals surface area contributed by atoms with Crippen molar-refractivity contribution in [1.29, 1.82) is 0 Å². The number of fused-ring (bicyclic) bond motifs is 3. The number of pyridine rings is 2. The Morgan fingerprint density at radius 3 is 2.52 bits per heavy atom. The van der Waals surface area contributed by atoms with Crippen LogP contribution in [-0.4, -0.2) is 25.7 Å². The fraction of sp³-hybridized carbons (Fsp3) is 0.0556. The molecule has 0 fully saturated rings. The zero-order valence-corrected chi connectivity index (χ0v) is 12.2. The summed E-state index contributed by atoms with van der Waals surface area (Å²) >= 11 is 0. The van der Waals surface area contributed by atoms with E-state index in [4.69, 9.17) is 0 Å². The molecule has 0 aliphatic rings. The number of rotatable bonds is 3. The monoisotopic (exact) mass is 300 g/mol. The summed E-state index contributed by atoms with van der Waals surface area (Å²) in [6.07, 6.45) is 6.47. The van der Waals surface area contributed by atoms with Gasteiger partial charge in [0.15, 0.2) is 5.78 Å². The molecule has 0 atom stereocenters. The first-order chi connectivity index (χ1) is 11.3. The first-order valence-corrected chi connectivity index (χ1v) is 7.24. The third-order valence-corrected chi connectivity index (χ3v) is 3.68. The highest BCUT2D eigenvalue weighted by atomic mass is 16.1. The molecule has 0 saturated carbocycles. The summed E-state index contributed by atoms with van der Waals surface area (Å²) in [5, 5.41) is 2.04. The Morgan fingerprint density at radius 2 is 1.70 bits per heavy atom. The summed E-state index contributed by atoms with van der Waals surface area (Å²) in [7, 11) is 0. The van der Waals surface area contributed by atoms with E-state index >= 15 is 0 Å². The highest BCUT2D eigenvalue weighted by molar-refractivity contribution is 6.03. The predicted octanol–water partition coefficient (Wildman–Crippen LogP) is 3.00. The Hall–Kier alpha value is -3.21. The van der Waals surface area contributed by atoms with Gasteiger partial charge in [-0.05, 0) is 12.1 Å². The average molecular weight is 300 g/mol. The van der Waals surface area contributed by atoms with Crippen LogP contribution in [0.15, 0.2) is 61.2 Å². The number of hydrogen-bond donors (Lipinski definition) is 0. The Morgan fingerprint density at radius 1 is 0.870 bits per heavy atom. The number of Topliss-reactive ketones (excluding diaryl/α,β-unsaturated/α-hetero) is 1. The van der Waals surface area contributed by atoms with Crippen molar-refractivity contribution < 1.29 is 4.79 Å². The molecule has 0 radical (unpaired) electrons. The molecule has 3 heterocycles. The van der Waals surface area contributed by atoms with Crippen LogP contribution in [0.1, 0.15) is 16.2 Å². The third-order valence-electron chi connectivity index (χ3n) is 3.68. The normalized spacial score (nSPS) is 11.0. The van der Waals surface area contributed by atoms with E-state index in [1.54, 1.807) is 12.4 Å². The molecule has 0 amide bonds. The number of hydrogen-bond acceptors (Lipinski definition) is 5. The second-order valence-electron chi connectivity index (χ2n) is 5.21. The first-order valence-electron chi connectivity index (χ1n) is 7.24. The zero-order valence-electron chi connectivity index (χ0n) is 12.2. The Bertz CT molecular complexity index is 1020. The van der Waals surface area contributed by atoms with E-state index < -0.39 is 0 Å². The van der Waals surface area contributed by atoms with Gasteiger partial charge in [0.25, 0.3) is 0 Å². The van der Waals surface area contributed by atoms with Gasteiger partial charge in [-0.15, -0.1) is 0 Å². The Balaban J connectivity index is 1.76. The summed E-state index contributed by atoms with van der Waals surface area (Å²) in [6.45, 7) is 0. The molecule has 110 valence electrons. The molecule has 0 N–H and O–H groups in total. The molecule has 0 aliphatic carbocycles. The molecular formula is C18H12N4O. The van der Waals surface area contributed by atoms with Gasteiger partial charge >= 0.3 is 0 Å². The maximum Gasteiger partial charge on any atom is 0.188 e. The molecule has 4 rings (SSSR count). The van der Waals surface area contributed by atoms with Crippen molar-refractivity contribution in [3.8, 4) is 0 Å². The van der Waals surface area contributed by atoms with Crippen LogP contribution in [0.3, 0.4) is 0 Å². The lowest BCUT2D eigenvalue weighted by atomic mass is 10.1. The molecule has 0 unspecified atom stereocenters. The van der Waals surface area contributed by atoms with Crippen LogP contribution in [0.2, 0.25) is 0 Å². The number of aromatic nitrogens is 4. The molecule has 1 aromatic carbocycles. The van der Waals surface area contributed by atoms with Crippen LogP contribution in [0.4, 0.5) is 0 Å². The molecule has 0 saturated heterocycles. The summed E-state index contributed by atoms with van der Waals surface area (Å²) in [5.74, 6) is -0.0989. The molecule has 0 spiro atoms. The van der Waals surface area contributed by atoms with Gasteiger partial charge in [0.05, 0.1) is 23.7 Å². The van der Waals surface area contributed by atoms with Crippen LogP contribution >= 0.6 is 0 Å². The fourth-order valence-electron chi connectivity index (χ4n) is 2.56. The second-order valence-corrected chi connectivity index (χ2v) is 5.21. The Kier molecular flexibility index (Phi) is 3.24. The maximum absolute atomic E-state index is 12.3. The largest absolute Gasteiger partial charge is 0.292 e. The minimum absolute atomic E-state index is 0.0989. The SMILES string of the molecule is O=C(Cc1ccc2ccc3cccnc3c2n1)c1cnccn1. The van der Waals surface area contributed by atoms with Gasteiger partial charge in [0.2, 0.25) is 0 Å². The predicted molar refractivity (Wildman–Crippen MR) is 87.1 cm³/mol. The molecule has 0 aliphatic heterocycles. The van der Waals surface area contributed by atoms with E-state index in [-0.39, 0.29) is 12.2 Å². The number of carbonyl (C=O) groups is 1. The van der Waals surface area contributed by atoms with E-state index in [1.165, 1.54) is 12.4 Å². The van der Waals surface area contributed by atoms with Gasteiger partial charge in [-0.25, -0.2) is 4.98 Å². The Labute approximate surface area is 132 Å². The van der Waals surface area contributed by atoms with Crippen LogP contribution < -0.4 is 0 Å². The van der Waals surface area contributed by atoms with E-state index in [2.05, 4.69) is 19.9 Å². The number of nitrogens with zero attached hydrogens (tertiary/aromatic N) is 4. The maximum atomic E-state index is 12.3. The van der Waals surface area contributed by atoms with Crippen molar-refractivity contribution in [2.24, 2.45) is 0 Å². The quantitative estimate of drug-likeness (QED) is 0.430. The lowest BCUT2D eigenvalue weighted by Crippen LogP contribution is -2.07. The highest BCUT2D eigenvalue weighted by Gasteiger charge is 2.11. The molecule has 0 bridgehead atoms. The number of ketones is 1. The van der Waals surface area contributed by atoms with Gasteiger partial charge in [0, 0.05) is 35.1 Å². The van der Waals surface area contributed by atoms with Crippen molar-refractivity contribution in [2.45, 2.75) is 6.42 Å². The number of carbonyl (C=O) groups excluding carboxylic acids is 1. The molecule has 4 aromatic rings. The van der Waals surface area contributed by atoms with Crippen molar-refractivity contribution in [3.63, 3.8) is 0 Å². The van der Waals surface area contributed by atoms with Gasteiger partial charge in [-0.2, -0.15) is 0 Å². The number of benzene rings is 1. The molecule has 5 heteroatoms. The average Bonchev–Trinajstić information content (AvgIpc) is 2.62. The summed E-state index contributed by atoms with van der Waals surface area (Å²) in [6, 6.07) is 11.8. The second kappa shape index (κ2) is 5.53. The topological polar surface area (TPSA) is 68.6 Å². The van der Waals surface area contributed by atoms with Gasteiger partial charge in [-0.1, -0.05) is 24.3 Å². The first kappa shape index (κ1) is 13.5. The standard InChI is InChI=1S/C18H12N4O/c23-16(15-11-19-8-9-20-15)10-14-6-5-13-4-3-12-2-1-7-21-17(12)18(13)22-14/h1-9,11H,10H2. The van der Waals surface area contributed by atoms with Crippen molar-refractivity contribution in [2.75, 3.05) is 0 Å². The lowest BCUT2D eigenvalue weighted by Gasteiger charge is -2.05. The molecule has 5 nitrogen and oxygen atoms in total. The summed E-state index contributed by atoms with van der Waals surface area (Å²) < 4.78 is 0. The summed E-state index contributed by atoms with van der Waals surface area (Å²) in [5.41, 5.74) is 2.71. The molecular weight excluding hydrogens is 288 g/mol. The van der Waals surface area contributed by atoms with Gasteiger partial charge in [-0.3, -0.25) is 19.7 Å². The fourth-order valence-corrected chi connectivity index (χ4v) is 2.56. The van der Waals surface area contributed by atoms with Gasteiger partial charge < -0.3 is 0 Å².